The van der Waals surface area contributed by atoms with E-state index in [1.165, 1.54) is 4.68 Å². The molecule has 1 rings (SSSR count). The lowest BCUT2D eigenvalue weighted by Crippen LogP contribution is -2.09. The second kappa shape index (κ2) is 4.73. The van der Waals surface area contributed by atoms with Crippen molar-refractivity contribution in [2.24, 2.45) is 7.05 Å². The van der Waals surface area contributed by atoms with Gasteiger partial charge in [0.05, 0.1) is 0 Å². The number of aryl methyl sites for hydroxylation is 2. The van der Waals surface area contributed by atoms with Gasteiger partial charge in [-0.2, -0.15) is 0 Å². The lowest BCUT2D eigenvalue weighted by atomic mass is 10.5. The molecular formula is C7H14N2O2. The Labute approximate surface area is 65.8 Å². The molecule has 0 amide bonds. The minimum Gasteiger partial charge on any atom is -0.388 e. The van der Waals surface area contributed by atoms with Crippen LogP contribution in [-0.4, -0.2) is 24.0 Å². The van der Waals surface area contributed by atoms with Crippen molar-refractivity contribution in [3.05, 3.63) is 22.1 Å². The Kier molecular flexibility index (Phi) is 4.29. The van der Waals surface area contributed by atoms with Gasteiger partial charge in [0, 0.05) is 33.0 Å². The van der Waals surface area contributed by atoms with Gasteiger partial charge in [0.25, 0.3) is 5.56 Å². The van der Waals surface area contributed by atoms with Crippen LogP contribution in [0.3, 0.4) is 0 Å². The van der Waals surface area contributed by atoms with Gasteiger partial charge < -0.3 is 9.84 Å². The predicted molar refractivity (Wildman–Crippen MR) is 43.7 cm³/mol. The molecule has 4 nitrogen and oxygen atoms in total. The van der Waals surface area contributed by atoms with Crippen LogP contribution in [-0.2, 0) is 11.8 Å². The maximum Gasteiger partial charge on any atom is 0.266 e. The summed E-state index contributed by atoms with van der Waals surface area (Å²) in [5.41, 5.74) is 0.917. The first-order valence-corrected chi connectivity index (χ1v) is 3.24. The molecule has 4 heteroatoms. The molecule has 0 unspecified atom stereocenters. The Hall–Kier alpha value is -1.03. The number of aromatic nitrogens is 2. The first-order valence-electron chi connectivity index (χ1n) is 3.24. The minimum atomic E-state index is 0.0162. The highest BCUT2D eigenvalue weighted by Gasteiger charge is 1.89. The zero-order valence-corrected chi connectivity index (χ0v) is 7.34. The molecule has 0 saturated carbocycles. The van der Waals surface area contributed by atoms with Crippen molar-refractivity contribution >= 4 is 0 Å². The average molecular weight is 158 g/mol. The fourth-order valence-electron chi connectivity index (χ4n) is 0.634. The SMILES string of the molecule is COC.Cc1cc(=O)n(C)[nH]1. The Bertz CT molecular complexity index is 249. The van der Waals surface area contributed by atoms with E-state index >= 15 is 0 Å². The summed E-state index contributed by atoms with van der Waals surface area (Å²) in [5, 5.41) is 2.81. The van der Waals surface area contributed by atoms with Crippen LogP contribution >= 0.6 is 0 Å². The lowest BCUT2D eigenvalue weighted by molar-refractivity contribution is 0.277. The third kappa shape index (κ3) is 3.62. The number of H-pyrrole nitrogens is 1. The van der Waals surface area contributed by atoms with Gasteiger partial charge in [0.1, 0.15) is 0 Å². The maximum absolute atomic E-state index is 10.6. The van der Waals surface area contributed by atoms with E-state index < -0.39 is 0 Å². The zero-order chi connectivity index (χ0) is 8.85. The topological polar surface area (TPSA) is 47.0 Å². The molecular weight excluding hydrogens is 144 g/mol. The van der Waals surface area contributed by atoms with E-state index in [-0.39, 0.29) is 5.56 Å². The van der Waals surface area contributed by atoms with Crippen molar-refractivity contribution in [1.29, 1.82) is 0 Å². The van der Waals surface area contributed by atoms with E-state index in [1.807, 2.05) is 6.92 Å². The van der Waals surface area contributed by atoms with Crippen LogP contribution in [0, 0.1) is 6.92 Å². The molecule has 0 aliphatic carbocycles. The van der Waals surface area contributed by atoms with Gasteiger partial charge in [-0.3, -0.25) is 9.48 Å². The van der Waals surface area contributed by atoms with Crippen molar-refractivity contribution < 1.29 is 4.74 Å². The third-order valence-electron chi connectivity index (χ3n) is 1.01. The summed E-state index contributed by atoms with van der Waals surface area (Å²) in [6, 6.07) is 1.56. The maximum atomic E-state index is 10.6. The molecule has 0 bridgehead atoms. The fraction of sp³-hybridized carbons (Fsp3) is 0.571. The highest BCUT2D eigenvalue weighted by Crippen LogP contribution is 1.80. The van der Waals surface area contributed by atoms with Crippen molar-refractivity contribution in [1.82, 2.24) is 9.78 Å². The van der Waals surface area contributed by atoms with Gasteiger partial charge in [-0.1, -0.05) is 0 Å². The van der Waals surface area contributed by atoms with Crippen LogP contribution in [0.4, 0.5) is 0 Å². The summed E-state index contributed by atoms with van der Waals surface area (Å²) in [6.45, 7) is 1.85. The van der Waals surface area contributed by atoms with E-state index in [1.54, 1.807) is 27.3 Å². The molecule has 1 heterocycles. The normalized spacial score (nSPS) is 8.73. The van der Waals surface area contributed by atoms with Crippen molar-refractivity contribution in [2.75, 3.05) is 14.2 Å². The number of nitrogens with one attached hydrogen (secondary N) is 1. The number of hydrogen-bond acceptors (Lipinski definition) is 2. The highest BCUT2D eigenvalue weighted by molar-refractivity contribution is 4.94. The molecule has 0 spiro atoms. The number of methoxy groups -OCH3 is 1. The van der Waals surface area contributed by atoms with Crippen LogP contribution in [0.15, 0.2) is 10.9 Å². The summed E-state index contributed by atoms with van der Waals surface area (Å²) in [4.78, 5) is 10.6. The van der Waals surface area contributed by atoms with Crippen molar-refractivity contribution in [2.45, 2.75) is 6.92 Å². The van der Waals surface area contributed by atoms with E-state index in [0.29, 0.717) is 0 Å². The summed E-state index contributed by atoms with van der Waals surface area (Å²) in [6.07, 6.45) is 0. The summed E-state index contributed by atoms with van der Waals surface area (Å²) in [5.74, 6) is 0. The zero-order valence-electron chi connectivity index (χ0n) is 7.34. The fourth-order valence-corrected chi connectivity index (χ4v) is 0.634. The number of rotatable bonds is 0. The first-order chi connectivity index (χ1) is 5.11. The predicted octanol–water partition coefficient (Wildman–Crippen LogP) is 0.284. The van der Waals surface area contributed by atoms with Gasteiger partial charge in [-0.15, -0.1) is 0 Å². The first kappa shape index (κ1) is 9.97. The van der Waals surface area contributed by atoms with Crippen LogP contribution in [0.2, 0.25) is 0 Å². The third-order valence-corrected chi connectivity index (χ3v) is 1.01. The highest BCUT2D eigenvalue weighted by atomic mass is 16.4. The monoisotopic (exact) mass is 158 g/mol. The molecule has 11 heavy (non-hydrogen) atoms. The van der Waals surface area contributed by atoms with E-state index in [9.17, 15) is 4.79 Å². The number of nitrogens with zero attached hydrogens (tertiary/aromatic N) is 1. The smallest absolute Gasteiger partial charge is 0.266 e. The van der Waals surface area contributed by atoms with Crippen LogP contribution in [0.25, 0.3) is 0 Å². The van der Waals surface area contributed by atoms with Gasteiger partial charge in [-0.05, 0) is 6.92 Å². The number of hydrogen-bond donors (Lipinski definition) is 1. The summed E-state index contributed by atoms with van der Waals surface area (Å²) < 4.78 is 5.69. The molecule has 1 aromatic heterocycles. The Morgan fingerprint density at radius 3 is 2.09 bits per heavy atom. The second-order valence-corrected chi connectivity index (χ2v) is 2.24. The van der Waals surface area contributed by atoms with Crippen LogP contribution < -0.4 is 5.56 Å². The molecule has 0 aliphatic rings. The average Bonchev–Trinajstić information content (AvgIpc) is 2.12. The molecule has 0 saturated heterocycles. The Morgan fingerprint density at radius 1 is 1.55 bits per heavy atom. The molecule has 1 N–H and O–H groups in total. The molecule has 0 aromatic carbocycles. The minimum absolute atomic E-state index is 0.0162. The summed E-state index contributed by atoms with van der Waals surface area (Å²) in [7, 11) is 4.94. The largest absolute Gasteiger partial charge is 0.388 e. The van der Waals surface area contributed by atoms with Gasteiger partial charge in [0.2, 0.25) is 0 Å². The quantitative estimate of drug-likeness (QED) is 0.589. The standard InChI is InChI=1S/C5H8N2O.C2H6O/c1-4-3-5(8)7(2)6-4;1-3-2/h3,6H,1-2H3;1-2H3. The Balaban J connectivity index is 0.000000292. The molecule has 0 fully saturated rings. The number of ether oxygens (including phenoxy) is 1. The Morgan fingerprint density at radius 2 is 2.00 bits per heavy atom. The van der Waals surface area contributed by atoms with Crippen molar-refractivity contribution in [3.8, 4) is 0 Å². The van der Waals surface area contributed by atoms with E-state index in [4.69, 9.17) is 0 Å². The van der Waals surface area contributed by atoms with Crippen LogP contribution in [0.5, 0.6) is 0 Å². The van der Waals surface area contributed by atoms with Gasteiger partial charge in [-0.25, -0.2) is 0 Å². The molecule has 0 radical (unpaired) electrons. The molecule has 0 aliphatic heterocycles. The second-order valence-electron chi connectivity index (χ2n) is 2.24. The van der Waals surface area contributed by atoms with Crippen molar-refractivity contribution in [3.63, 3.8) is 0 Å². The number of aromatic amines is 1. The molecule has 64 valence electrons. The van der Waals surface area contributed by atoms with E-state index in [2.05, 4.69) is 9.84 Å². The van der Waals surface area contributed by atoms with E-state index in [0.717, 1.165) is 5.69 Å². The summed E-state index contributed by atoms with van der Waals surface area (Å²) >= 11 is 0. The lowest BCUT2D eigenvalue weighted by Gasteiger charge is -1.83. The van der Waals surface area contributed by atoms with Gasteiger partial charge >= 0.3 is 0 Å². The molecule has 1 aromatic rings. The van der Waals surface area contributed by atoms with Crippen LogP contribution in [0.1, 0.15) is 5.69 Å². The molecule has 0 atom stereocenters. The van der Waals surface area contributed by atoms with Gasteiger partial charge in [0.15, 0.2) is 0 Å².